The molecule has 1 unspecified atom stereocenters. The van der Waals surface area contributed by atoms with Gasteiger partial charge in [-0.2, -0.15) is 0 Å². The highest BCUT2D eigenvalue weighted by atomic mass is 16.5. The van der Waals surface area contributed by atoms with Gasteiger partial charge < -0.3 is 10.1 Å². The molecule has 0 aromatic heterocycles. The number of ether oxygens (including phenoxy) is 1. The fraction of sp³-hybridized carbons (Fsp3) is 0.667. The zero-order chi connectivity index (χ0) is 14.2. The van der Waals surface area contributed by atoms with Gasteiger partial charge in [0.25, 0.3) is 0 Å². The van der Waals surface area contributed by atoms with E-state index >= 15 is 0 Å². The molecule has 20 heavy (non-hydrogen) atoms. The molecule has 1 N–H and O–H groups in total. The molecule has 2 fully saturated rings. The van der Waals surface area contributed by atoms with Crippen LogP contribution in [0.3, 0.4) is 0 Å². The van der Waals surface area contributed by atoms with Crippen molar-refractivity contribution in [3.8, 4) is 5.75 Å². The third kappa shape index (κ3) is 2.58. The molecule has 1 heterocycles. The summed E-state index contributed by atoms with van der Waals surface area (Å²) in [5.74, 6) is 1.89. The van der Waals surface area contributed by atoms with Crippen molar-refractivity contribution in [1.82, 2.24) is 5.32 Å². The lowest BCUT2D eigenvalue weighted by Crippen LogP contribution is -2.34. The van der Waals surface area contributed by atoms with E-state index in [-0.39, 0.29) is 5.54 Å². The Morgan fingerprint density at radius 1 is 1.20 bits per heavy atom. The molecule has 0 spiro atoms. The van der Waals surface area contributed by atoms with E-state index in [0.29, 0.717) is 0 Å². The first-order valence-corrected chi connectivity index (χ1v) is 8.08. The molecule has 0 radical (unpaired) electrons. The van der Waals surface area contributed by atoms with E-state index in [2.05, 4.69) is 38.2 Å². The van der Waals surface area contributed by atoms with Gasteiger partial charge in [0.1, 0.15) is 5.75 Å². The number of nitrogens with one attached hydrogen (secondary N) is 1. The highest BCUT2D eigenvalue weighted by Crippen LogP contribution is 2.38. The summed E-state index contributed by atoms with van der Waals surface area (Å²) < 4.78 is 6.21. The maximum atomic E-state index is 6.21. The fourth-order valence-electron chi connectivity index (χ4n) is 3.33. The van der Waals surface area contributed by atoms with Crippen LogP contribution in [-0.4, -0.2) is 13.2 Å². The molecule has 110 valence electrons. The summed E-state index contributed by atoms with van der Waals surface area (Å²) in [5, 5.41) is 3.67. The predicted octanol–water partition coefficient (Wildman–Crippen LogP) is 4.08. The van der Waals surface area contributed by atoms with Crippen LogP contribution in [0.4, 0.5) is 0 Å². The second-order valence-corrected chi connectivity index (χ2v) is 6.90. The molecule has 2 nitrogen and oxygen atoms in total. The van der Waals surface area contributed by atoms with Gasteiger partial charge in [0.2, 0.25) is 0 Å². The summed E-state index contributed by atoms with van der Waals surface area (Å²) >= 11 is 0. The standard InChI is InChI=1S/C18H27NO/c1-13-10-16(18(3)8-5-9-19-18)17(11-14(13)2)20-12-15-6-4-7-15/h10-11,15,19H,4-9,12H2,1-3H3. The lowest BCUT2D eigenvalue weighted by molar-refractivity contribution is 0.177. The van der Waals surface area contributed by atoms with Crippen LogP contribution in [0.5, 0.6) is 5.75 Å². The van der Waals surface area contributed by atoms with E-state index in [1.165, 1.54) is 48.8 Å². The van der Waals surface area contributed by atoms with Gasteiger partial charge in [0, 0.05) is 11.1 Å². The highest BCUT2D eigenvalue weighted by Gasteiger charge is 2.33. The number of aryl methyl sites for hydroxylation is 2. The molecular formula is C18H27NO. The lowest BCUT2D eigenvalue weighted by atomic mass is 9.86. The topological polar surface area (TPSA) is 21.3 Å². The first kappa shape index (κ1) is 13.9. The monoisotopic (exact) mass is 273 g/mol. The van der Waals surface area contributed by atoms with Gasteiger partial charge in [-0.25, -0.2) is 0 Å². The van der Waals surface area contributed by atoms with Crippen molar-refractivity contribution in [3.05, 3.63) is 28.8 Å². The molecule has 1 aromatic carbocycles. The summed E-state index contributed by atoms with van der Waals surface area (Å²) in [4.78, 5) is 0. The molecule has 2 heteroatoms. The highest BCUT2D eigenvalue weighted by molar-refractivity contribution is 5.46. The Balaban J connectivity index is 1.87. The van der Waals surface area contributed by atoms with Crippen LogP contribution in [0.25, 0.3) is 0 Å². The van der Waals surface area contributed by atoms with E-state index in [1.54, 1.807) is 0 Å². The zero-order valence-corrected chi connectivity index (χ0v) is 13.1. The van der Waals surface area contributed by atoms with Crippen LogP contribution in [0.15, 0.2) is 12.1 Å². The van der Waals surface area contributed by atoms with Gasteiger partial charge in [-0.3, -0.25) is 0 Å². The van der Waals surface area contributed by atoms with Crippen molar-refractivity contribution in [3.63, 3.8) is 0 Å². The quantitative estimate of drug-likeness (QED) is 0.892. The average molecular weight is 273 g/mol. The number of hydrogen-bond donors (Lipinski definition) is 1. The third-order valence-electron chi connectivity index (χ3n) is 5.26. The normalized spacial score (nSPS) is 26.6. The summed E-state index contributed by atoms with van der Waals surface area (Å²) in [6.45, 7) is 8.71. The zero-order valence-electron chi connectivity index (χ0n) is 13.1. The first-order valence-electron chi connectivity index (χ1n) is 8.08. The summed E-state index contributed by atoms with van der Waals surface area (Å²) in [7, 11) is 0. The van der Waals surface area contributed by atoms with Crippen LogP contribution in [-0.2, 0) is 5.54 Å². The van der Waals surface area contributed by atoms with E-state index in [9.17, 15) is 0 Å². The molecule has 3 rings (SSSR count). The summed E-state index contributed by atoms with van der Waals surface area (Å²) in [5.41, 5.74) is 4.15. The van der Waals surface area contributed by atoms with Gasteiger partial charge in [-0.15, -0.1) is 0 Å². The maximum Gasteiger partial charge on any atom is 0.124 e. The van der Waals surface area contributed by atoms with E-state index < -0.39 is 0 Å². The fourth-order valence-corrected chi connectivity index (χ4v) is 3.33. The smallest absolute Gasteiger partial charge is 0.124 e. The average Bonchev–Trinajstić information content (AvgIpc) is 2.79. The van der Waals surface area contributed by atoms with Crippen molar-refractivity contribution >= 4 is 0 Å². The minimum Gasteiger partial charge on any atom is -0.493 e. The number of hydrogen-bond acceptors (Lipinski definition) is 2. The molecule has 1 atom stereocenters. The molecule has 1 aliphatic heterocycles. The number of benzene rings is 1. The van der Waals surface area contributed by atoms with E-state index in [1.807, 2.05) is 0 Å². The second kappa shape index (κ2) is 5.40. The van der Waals surface area contributed by atoms with Gasteiger partial charge in [-0.05, 0) is 76.1 Å². The largest absolute Gasteiger partial charge is 0.493 e. The molecular weight excluding hydrogens is 246 g/mol. The van der Waals surface area contributed by atoms with Crippen molar-refractivity contribution in [1.29, 1.82) is 0 Å². The van der Waals surface area contributed by atoms with Crippen LogP contribution in [0, 0.1) is 19.8 Å². The summed E-state index contributed by atoms with van der Waals surface area (Å²) in [6, 6.07) is 4.58. The van der Waals surface area contributed by atoms with Crippen LogP contribution >= 0.6 is 0 Å². The Morgan fingerprint density at radius 2 is 1.95 bits per heavy atom. The van der Waals surface area contributed by atoms with Gasteiger partial charge in [-0.1, -0.05) is 12.5 Å². The molecule has 0 bridgehead atoms. The predicted molar refractivity (Wildman–Crippen MR) is 83.3 cm³/mol. The van der Waals surface area contributed by atoms with Gasteiger partial charge in [0.05, 0.1) is 6.61 Å². The minimum atomic E-state index is 0.0907. The van der Waals surface area contributed by atoms with Crippen molar-refractivity contribution in [2.45, 2.75) is 58.4 Å². The minimum absolute atomic E-state index is 0.0907. The Hall–Kier alpha value is -1.02. The van der Waals surface area contributed by atoms with Crippen molar-refractivity contribution in [2.24, 2.45) is 5.92 Å². The number of rotatable bonds is 4. The van der Waals surface area contributed by atoms with Gasteiger partial charge >= 0.3 is 0 Å². The molecule has 1 saturated heterocycles. The van der Waals surface area contributed by atoms with Crippen LogP contribution in [0.1, 0.15) is 55.7 Å². The van der Waals surface area contributed by atoms with E-state index in [0.717, 1.165) is 24.8 Å². The second-order valence-electron chi connectivity index (χ2n) is 6.90. The maximum absolute atomic E-state index is 6.21. The van der Waals surface area contributed by atoms with Crippen LogP contribution < -0.4 is 10.1 Å². The Labute approximate surface area is 122 Å². The van der Waals surface area contributed by atoms with Crippen molar-refractivity contribution < 1.29 is 4.74 Å². The molecule has 1 saturated carbocycles. The molecule has 1 aliphatic carbocycles. The van der Waals surface area contributed by atoms with Crippen LogP contribution in [0.2, 0.25) is 0 Å². The van der Waals surface area contributed by atoms with Crippen molar-refractivity contribution in [2.75, 3.05) is 13.2 Å². The Kier molecular flexibility index (Phi) is 3.76. The Bertz CT molecular complexity index is 484. The molecule has 2 aliphatic rings. The van der Waals surface area contributed by atoms with E-state index in [4.69, 9.17) is 4.74 Å². The SMILES string of the molecule is Cc1cc(OCC2CCC2)c(C2(C)CCCN2)cc1C. The first-order chi connectivity index (χ1) is 9.58. The lowest BCUT2D eigenvalue weighted by Gasteiger charge is -2.30. The summed E-state index contributed by atoms with van der Waals surface area (Å²) in [6.07, 6.45) is 6.53. The van der Waals surface area contributed by atoms with Gasteiger partial charge in [0.15, 0.2) is 0 Å². The third-order valence-corrected chi connectivity index (χ3v) is 5.26. The Morgan fingerprint density at radius 3 is 2.55 bits per heavy atom. The molecule has 0 amide bonds. The molecule has 1 aromatic rings.